The molecule has 0 aromatic rings. The van der Waals surface area contributed by atoms with Crippen LogP contribution in [0.3, 0.4) is 0 Å². The summed E-state index contributed by atoms with van der Waals surface area (Å²) < 4.78 is 76.6. The highest BCUT2D eigenvalue weighted by molar-refractivity contribution is 7.66. The summed E-state index contributed by atoms with van der Waals surface area (Å²) in [5.74, 6) is -0.249. The SMILES string of the molecule is COP(=O)(O)OP(=O)(O)OP(=O)(O)OC[C@H]1O[C@@H](C2CCCCCC2)C[C@H]1OC(CCNC(=O)C(C)(C)OCCOC(C)(C)C)N=[N+]=[N-]. The van der Waals surface area contributed by atoms with E-state index in [0.29, 0.717) is 20.1 Å². The van der Waals surface area contributed by atoms with Crippen LogP contribution in [0.4, 0.5) is 0 Å². The van der Waals surface area contributed by atoms with E-state index in [1.807, 2.05) is 20.8 Å². The average Bonchev–Trinajstić information content (AvgIpc) is 3.15. The van der Waals surface area contributed by atoms with Crippen LogP contribution < -0.4 is 5.32 Å². The minimum atomic E-state index is -5.60. The molecule has 1 aliphatic carbocycles. The van der Waals surface area contributed by atoms with Crippen LogP contribution in [0.1, 0.15) is 86.0 Å². The highest BCUT2D eigenvalue weighted by atomic mass is 31.3. The van der Waals surface area contributed by atoms with E-state index < -0.39 is 60.0 Å². The molecule has 2 aliphatic rings. The van der Waals surface area contributed by atoms with Crippen LogP contribution in [0.25, 0.3) is 10.4 Å². The van der Waals surface area contributed by atoms with Gasteiger partial charge in [-0.1, -0.05) is 30.8 Å². The molecule has 1 saturated heterocycles. The van der Waals surface area contributed by atoms with Crippen molar-refractivity contribution in [1.29, 1.82) is 0 Å². The molecule has 0 spiro atoms. The largest absolute Gasteiger partial charge is 0.490 e. The van der Waals surface area contributed by atoms with Crippen LogP contribution >= 0.6 is 23.5 Å². The van der Waals surface area contributed by atoms with E-state index in [-0.39, 0.29) is 37.2 Å². The van der Waals surface area contributed by atoms with Gasteiger partial charge in [-0.3, -0.25) is 13.8 Å². The quantitative estimate of drug-likeness (QED) is 0.0309. The molecule has 280 valence electrons. The molecule has 1 saturated carbocycles. The molecule has 1 heterocycles. The summed E-state index contributed by atoms with van der Waals surface area (Å²) in [5, 5.41) is 6.44. The summed E-state index contributed by atoms with van der Waals surface area (Å²) in [6, 6.07) is 0. The second-order valence-electron chi connectivity index (χ2n) is 12.9. The summed E-state index contributed by atoms with van der Waals surface area (Å²) in [6.45, 7) is 8.82. The lowest BCUT2D eigenvalue weighted by Gasteiger charge is -2.26. The van der Waals surface area contributed by atoms with Gasteiger partial charge in [0.25, 0.3) is 5.91 Å². The van der Waals surface area contributed by atoms with Gasteiger partial charge in [-0.2, -0.15) is 8.62 Å². The molecule has 4 N–H and O–H groups in total. The Bertz CT molecular complexity index is 1220. The number of azide groups is 1. The van der Waals surface area contributed by atoms with Crippen LogP contribution in [-0.2, 0) is 55.1 Å². The van der Waals surface area contributed by atoms with Gasteiger partial charge in [-0.05, 0) is 65.3 Å². The maximum Gasteiger partial charge on any atom is 0.490 e. The van der Waals surface area contributed by atoms with Crippen LogP contribution in [0.5, 0.6) is 0 Å². The number of carbonyl (C=O) groups excluding carboxylic acids is 1. The molecule has 1 amide bonds. The van der Waals surface area contributed by atoms with Crippen molar-refractivity contribution >= 4 is 29.4 Å². The zero-order valence-electron chi connectivity index (χ0n) is 28.3. The summed E-state index contributed by atoms with van der Waals surface area (Å²) in [5.41, 5.74) is 7.68. The predicted molar refractivity (Wildman–Crippen MR) is 170 cm³/mol. The van der Waals surface area contributed by atoms with E-state index in [9.17, 15) is 38.7 Å². The second-order valence-corrected chi connectivity index (χ2v) is 17.7. The molecule has 0 radical (unpaired) electrons. The molecule has 2 fully saturated rings. The van der Waals surface area contributed by atoms with E-state index in [1.54, 1.807) is 13.8 Å². The number of nitrogens with zero attached hydrogens (tertiary/aromatic N) is 3. The van der Waals surface area contributed by atoms with Crippen molar-refractivity contribution in [1.82, 2.24) is 5.32 Å². The van der Waals surface area contributed by atoms with E-state index in [2.05, 4.69) is 28.5 Å². The topological polar surface area (TPSA) is 264 Å². The van der Waals surface area contributed by atoms with E-state index in [1.165, 1.54) is 0 Å². The number of carbonyl (C=O) groups is 1. The first-order chi connectivity index (χ1) is 22.2. The smallest absolute Gasteiger partial charge is 0.373 e. The van der Waals surface area contributed by atoms with Crippen LogP contribution in [0, 0.1) is 5.92 Å². The van der Waals surface area contributed by atoms with Gasteiger partial charge in [0.05, 0.1) is 37.6 Å². The van der Waals surface area contributed by atoms with Gasteiger partial charge in [0.15, 0.2) is 0 Å². The van der Waals surface area contributed by atoms with E-state index in [0.717, 1.165) is 38.5 Å². The van der Waals surface area contributed by atoms with Crippen LogP contribution in [0.2, 0.25) is 0 Å². The fourth-order valence-corrected chi connectivity index (χ4v) is 8.43. The third-order valence-corrected chi connectivity index (χ3v) is 11.8. The molecule has 2 rings (SSSR count). The lowest BCUT2D eigenvalue weighted by Crippen LogP contribution is -2.45. The molecule has 1 aliphatic heterocycles. The number of nitrogens with one attached hydrogen (secondary N) is 1. The van der Waals surface area contributed by atoms with Gasteiger partial charge < -0.3 is 38.9 Å². The van der Waals surface area contributed by atoms with Crippen molar-refractivity contribution in [2.45, 2.75) is 122 Å². The monoisotopic (exact) mass is 752 g/mol. The lowest BCUT2D eigenvalue weighted by molar-refractivity contribution is -0.146. The van der Waals surface area contributed by atoms with Gasteiger partial charge in [-0.15, -0.1) is 0 Å². The molecule has 7 atom stereocenters. The number of phosphoric acid groups is 3. The number of rotatable bonds is 20. The highest BCUT2D eigenvalue weighted by Gasteiger charge is 2.45. The van der Waals surface area contributed by atoms with Crippen molar-refractivity contribution in [3.8, 4) is 0 Å². The third kappa shape index (κ3) is 16.4. The Labute approximate surface area is 281 Å². The Hall–Kier alpha value is -0.970. The summed E-state index contributed by atoms with van der Waals surface area (Å²) >= 11 is 0. The van der Waals surface area contributed by atoms with Crippen molar-refractivity contribution in [3.63, 3.8) is 0 Å². The molecule has 4 unspecified atom stereocenters. The van der Waals surface area contributed by atoms with Gasteiger partial charge in [0.1, 0.15) is 17.9 Å². The van der Waals surface area contributed by atoms with Gasteiger partial charge in [-0.25, -0.2) is 13.7 Å². The first kappa shape index (κ1) is 43.2. The van der Waals surface area contributed by atoms with Crippen LogP contribution in [0.15, 0.2) is 5.11 Å². The van der Waals surface area contributed by atoms with E-state index >= 15 is 0 Å². The number of ether oxygens (including phenoxy) is 4. The van der Waals surface area contributed by atoms with Gasteiger partial charge in [0.2, 0.25) is 0 Å². The summed E-state index contributed by atoms with van der Waals surface area (Å²) in [6.07, 6.45) is 3.09. The minimum Gasteiger partial charge on any atom is -0.373 e. The number of hydrogen-bond donors (Lipinski definition) is 4. The Kier molecular flexibility index (Phi) is 17.1. The predicted octanol–water partition coefficient (Wildman–Crippen LogP) is 5.25. The van der Waals surface area contributed by atoms with Gasteiger partial charge >= 0.3 is 23.5 Å². The second kappa shape index (κ2) is 19.0. The molecule has 19 nitrogen and oxygen atoms in total. The molecular formula is C26H51N4O15P3. The maximum atomic E-state index is 12.8. The molecule has 0 bridgehead atoms. The molecule has 0 aromatic carbocycles. The Balaban J connectivity index is 2.06. The molecule has 48 heavy (non-hydrogen) atoms. The number of amides is 1. The maximum absolute atomic E-state index is 12.8. The Morgan fingerprint density at radius 2 is 1.58 bits per heavy atom. The summed E-state index contributed by atoms with van der Waals surface area (Å²) in [7, 11) is -15.3. The van der Waals surface area contributed by atoms with E-state index in [4.69, 9.17) is 23.5 Å². The third-order valence-electron chi connectivity index (χ3n) is 7.52. The summed E-state index contributed by atoms with van der Waals surface area (Å²) in [4.78, 5) is 44.7. The fraction of sp³-hybridized carbons (Fsp3) is 0.962. The first-order valence-electron chi connectivity index (χ1n) is 15.7. The Morgan fingerprint density at radius 1 is 0.979 bits per heavy atom. The zero-order valence-corrected chi connectivity index (χ0v) is 31.0. The van der Waals surface area contributed by atoms with Gasteiger partial charge in [0, 0.05) is 25.0 Å². The fourth-order valence-electron chi connectivity index (χ4n) is 5.17. The number of hydrogen-bond acceptors (Lipinski definition) is 13. The first-order valence-corrected chi connectivity index (χ1v) is 20.2. The average molecular weight is 753 g/mol. The minimum absolute atomic E-state index is 0.0518. The van der Waals surface area contributed by atoms with Crippen molar-refractivity contribution in [2.75, 3.05) is 33.5 Å². The van der Waals surface area contributed by atoms with Crippen molar-refractivity contribution < 1.29 is 69.8 Å². The normalized spacial score (nSPS) is 25.6. The Morgan fingerprint density at radius 3 is 2.17 bits per heavy atom. The molecule has 22 heteroatoms. The van der Waals surface area contributed by atoms with Crippen molar-refractivity contribution in [2.24, 2.45) is 11.0 Å². The molecule has 0 aromatic heterocycles. The highest BCUT2D eigenvalue weighted by Crippen LogP contribution is 2.67. The number of phosphoric ester groups is 2. The zero-order chi connectivity index (χ0) is 36.2. The van der Waals surface area contributed by atoms with Crippen molar-refractivity contribution in [3.05, 3.63) is 10.4 Å². The molecular weight excluding hydrogens is 701 g/mol. The lowest BCUT2D eigenvalue weighted by atomic mass is 9.91. The van der Waals surface area contributed by atoms with Crippen LogP contribution in [-0.4, -0.2) is 89.8 Å². The standard InChI is InChI=1S/C26H51N4O15P3/c1-25(2,3)39-15-16-40-26(4,5)24(31)28-14-13-23(29-30-27)43-21-17-20(19-11-9-7-8-10-12-19)42-22(21)18-41-47(34,35)45-48(36,37)44-46(32,33)38-6/h19-23H,7-18H2,1-6H3,(H,28,31)(H,32,33)(H,34,35)(H,36,37)/t20-,21-,22-,23?/m1/s1.